The van der Waals surface area contributed by atoms with Crippen LogP contribution in [0.3, 0.4) is 0 Å². The molecule has 10 heteroatoms. The summed E-state index contributed by atoms with van der Waals surface area (Å²) in [7, 11) is 0. The number of imidazole rings is 2. The second kappa shape index (κ2) is 6.63. The van der Waals surface area contributed by atoms with Crippen molar-refractivity contribution in [2.75, 3.05) is 5.32 Å². The van der Waals surface area contributed by atoms with Crippen molar-refractivity contribution in [1.82, 2.24) is 34.3 Å². The fourth-order valence-corrected chi connectivity index (χ4v) is 4.27. The van der Waals surface area contributed by atoms with Gasteiger partial charge in [-0.15, -0.1) is 0 Å². The molecule has 1 aliphatic carbocycles. The van der Waals surface area contributed by atoms with E-state index in [2.05, 4.69) is 30.5 Å². The maximum atomic E-state index is 12.0. The highest BCUT2D eigenvalue weighted by Gasteiger charge is 2.30. The summed E-state index contributed by atoms with van der Waals surface area (Å²) in [6.45, 7) is 0. The topological polar surface area (TPSA) is 106 Å². The number of benzene rings is 1. The third-order valence-corrected chi connectivity index (χ3v) is 6.08. The van der Waals surface area contributed by atoms with E-state index in [1.165, 1.54) is 11.3 Å². The number of aromatic nitrogens is 7. The molecule has 9 nitrogen and oxygen atoms in total. The van der Waals surface area contributed by atoms with E-state index >= 15 is 0 Å². The van der Waals surface area contributed by atoms with Gasteiger partial charge in [0.15, 0.2) is 16.6 Å². The van der Waals surface area contributed by atoms with E-state index < -0.39 is 0 Å². The average Bonchev–Trinajstić information content (AvgIpc) is 3.15. The average molecular weight is 416 g/mol. The van der Waals surface area contributed by atoms with Crippen LogP contribution in [0, 0.1) is 5.92 Å². The first-order chi connectivity index (χ1) is 14.8. The number of anilines is 1. The molecule has 1 aliphatic rings. The van der Waals surface area contributed by atoms with Crippen LogP contribution >= 0.6 is 11.3 Å². The van der Waals surface area contributed by atoms with Gasteiger partial charge in [0.2, 0.25) is 5.91 Å². The van der Waals surface area contributed by atoms with Crippen LogP contribution in [0.25, 0.3) is 33.1 Å². The van der Waals surface area contributed by atoms with Crippen LogP contribution in [-0.4, -0.2) is 40.2 Å². The van der Waals surface area contributed by atoms with Gasteiger partial charge in [-0.2, -0.15) is 5.10 Å². The number of rotatable bonds is 5. The Bertz CT molecular complexity index is 1340. The molecule has 0 unspecified atom stereocenters. The molecule has 4 aromatic heterocycles. The molecule has 0 aliphatic heterocycles. The Morgan fingerprint density at radius 1 is 1.17 bits per heavy atom. The molecule has 2 N–H and O–H groups in total. The first kappa shape index (κ1) is 17.1. The number of aromatic amines is 1. The highest BCUT2D eigenvalue weighted by Crippen LogP contribution is 2.34. The first-order valence-corrected chi connectivity index (χ1v) is 10.4. The molecule has 0 radical (unpaired) electrons. The van der Waals surface area contributed by atoms with Crippen molar-refractivity contribution in [1.29, 1.82) is 0 Å². The van der Waals surface area contributed by atoms with Gasteiger partial charge in [0.05, 0.1) is 18.2 Å². The number of H-pyrrole nitrogens is 1. The Labute approximate surface area is 174 Å². The lowest BCUT2D eigenvalue weighted by Gasteiger charge is -2.07. The highest BCUT2D eigenvalue weighted by molar-refractivity contribution is 7.22. The molecular formula is C20H16N8OS. The van der Waals surface area contributed by atoms with E-state index in [1.807, 2.05) is 45.8 Å². The predicted octanol–water partition coefficient (Wildman–Crippen LogP) is 3.41. The summed E-state index contributed by atoms with van der Waals surface area (Å²) in [5, 5.41) is 10.9. The monoisotopic (exact) mass is 416 g/mol. The number of carbonyl (C=O) groups excluding carboxylic acids is 1. The third kappa shape index (κ3) is 2.89. The van der Waals surface area contributed by atoms with E-state index in [-0.39, 0.29) is 11.8 Å². The van der Waals surface area contributed by atoms with Crippen molar-refractivity contribution in [3.8, 4) is 22.8 Å². The maximum absolute atomic E-state index is 12.0. The minimum absolute atomic E-state index is 0.0437. The number of hydrogen-bond acceptors (Lipinski definition) is 6. The van der Waals surface area contributed by atoms with Crippen molar-refractivity contribution in [2.24, 2.45) is 5.92 Å². The second-order valence-electron chi connectivity index (χ2n) is 7.17. The lowest BCUT2D eigenvalue weighted by molar-refractivity contribution is -0.117. The van der Waals surface area contributed by atoms with Crippen LogP contribution in [0.1, 0.15) is 12.8 Å². The second-order valence-corrected chi connectivity index (χ2v) is 8.17. The molecule has 0 saturated heterocycles. The van der Waals surface area contributed by atoms with Gasteiger partial charge in [-0.1, -0.05) is 23.5 Å². The summed E-state index contributed by atoms with van der Waals surface area (Å²) in [4.78, 5) is 24.9. The number of carbonyl (C=O) groups is 1. The number of nitrogens with zero attached hydrogens (tertiary/aromatic N) is 6. The summed E-state index contributed by atoms with van der Waals surface area (Å²) >= 11 is 1.41. The lowest BCUT2D eigenvalue weighted by Crippen LogP contribution is -2.12. The number of fused-ring (bicyclic) bond motifs is 1. The highest BCUT2D eigenvalue weighted by atomic mass is 32.1. The quantitative estimate of drug-likeness (QED) is 0.457. The number of thiazole rings is 1. The molecular weight excluding hydrogens is 400 g/mol. The molecule has 1 fully saturated rings. The molecule has 30 heavy (non-hydrogen) atoms. The van der Waals surface area contributed by atoms with Crippen LogP contribution in [0.5, 0.6) is 0 Å². The Hall–Kier alpha value is -3.79. The van der Waals surface area contributed by atoms with Crippen LogP contribution < -0.4 is 5.32 Å². The van der Waals surface area contributed by atoms with Gasteiger partial charge in [-0.05, 0) is 25.0 Å². The Morgan fingerprint density at radius 2 is 2.03 bits per heavy atom. The Kier molecular flexibility index (Phi) is 3.78. The smallest absolute Gasteiger partial charge is 0.229 e. The van der Waals surface area contributed by atoms with Gasteiger partial charge in [0.25, 0.3) is 0 Å². The largest absolute Gasteiger partial charge is 0.306 e. The first-order valence-electron chi connectivity index (χ1n) is 9.53. The summed E-state index contributed by atoms with van der Waals surface area (Å²) in [5.41, 5.74) is 3.61. The summed E-state index contributed by atoms with van der Waals surface area (Å²) in [6.07, 6.45) is 10.9. The van der Waals surface area contributed by atoms with E-state index in [0.717, 1.165) is 34.5 Å². The zero-order chi connectivity index (χ0) is 20.1. The van der Waals surface area contributed by atoms with Crippen molar-refractivity contribution in [2.45, 2.75) is 12.8 Å². The van der Waals surface area contributed by atoms with Crippen molar-refractivity contribution in [3.05, 3.63) is 55.5 Å². The van der Waals surface area contributed by atoms with Crippen molar-refractivity contribution < 1.29 is 4.79 Å². The minimum atomic E-state index is 0.0437. The summed E-state index contributed by atoms with van der Waals surface area (Å²) in [5.74, 6) is 0.887. The zero-order valence-electron chi connectivity index (χ0n) is 15.7. The summed E-state index contributed by atoms with van der Waals surface area (Å²) in [6, 6.07) is 8.15. The third-order valence-electron chi connectivity index (χ3n) is 5.11. The molecule has 5 aromatic rings. The normalized spacial score (nSPS) is 13.7. The van der Waals surface area contributed by atoms with Gasteiger partial charge in [0.1, 0.15) is 11.0 Å². The molecule has 1 amide bonds. The molecule has 1 aromatic carbocycles. The van der Waals surface area contributed by atoms with E-state index in [0.29, 0.717) is 16.6 Å². The molecule has 1 saturated carbocycles. The van der Waals surface area contributed by atoms with Gasteiger partial charge in [0, 0.05) is 29.6 Å². The van der Waals surface area contributed by atoms with E-state index in [9.17, 15) is 4.79 Å². The molecule has 6 rings (SSSR count). The predicted molar refractivity (Wildman–Crippen MR) is 113 cm³/mol. The summed E-state index contributed by atoms with van der Waals surface area (Å²) < 4.78 is 4.75. The SMILES string of the molecule is O=C(Nc1nc2[nH]nc(-n3cncc3-c3ccc(-n4ccnc4)cc3)c2s1)C1CC1. The van der Waals surface area contributed by atoms with Crippen LogP contribution in [0.4, 0.5) is 5.13 Å². The van der Waals surface area contributed by atoms with Gasteiger partial charge in [-0.25, -0.2) is 15.0 Å². The standard InChI is InChI=1S/C20H16N8OS/c29-19(13-1-2-13)24-20-23-17-16(30-20)18(26-25-17)28-11-22-9-15(28)12-3-5-14(6-4-12)27-8-7-21-10-27/h3-11,13H,1-2H2,(H2,23,24,25,26,29). The van der Waals surface area contributed by atoms with E-state index in [4.69, 9.17) is 0 Å². The molecule has 148 valence electrons. The van der Waals surface area contributed by atoms with Gasteiger partial charge >= 0.3 is 0 Å². The Morgan fingerprint density at radius 3 is 2.80 bits per heavy atom. The van der Waals surface area contributed by atoms with Crippen molar-refractivity contribution in [3.63, 3.8) is 0 Å². The maximum Gasteiger partial charge on any atom is 0.229 e. The van der Waals surface area contributed by atoms with E-state index in [1.54, 1.807) is 18.9 Å². The molecule has 0 atom stereocenters. The minimum Gasteiger partial charge on any atom is -0.306 e. The fourth-order valence-electron chi connectivity index (χ4n) is 3.37. The van der Waals surface area contributed by atoms with Gasteiger partial charge in [-0.3, -0.25) is 14.5 Å². The number of hydrogen-bond donors (Lipinski definition) is 2. The van der Waals surface area contributed by atoms with Gasteiger partial charge < -0.3 is 9.88 Å². The van der Waals surface area contributed by atoms with Crippen LogP contribution in [-0.2, 0) is 4.79 Å². The fraction of sp³-hybridized carbons (Fsp3) is 0.150. The molecule has 0 bridgehead atoms. The lowest BCUT2D eigenvalue weighted by atomic mass is 10.1. The van der Waals surface area contributed by atoms with Crippen LogP contribution in [0.2, 0.25) is 0 Å². The van der Waals surface area contributed by atoms with Crippen molar-refractivity contribution >= 4 is 32.7 Å². The number of nitrogens with one attached hydrogen (secondary N) is 2. The molecule has 0 spiro atoms. The number of amides is 1. The van der Waals surface area contributed by atoms with Crippen LogP contribution in [0.15, 0.2) is 55.5 Å². The molecule has 4 heterocycles. The Balaban J connectivity index is 1.34. The zero-order valence-corrected chi connectivity index (χ0v) is 16.5.